The van der Waals surface area contributed by atoms with Crippen LogP contribution in [0.3, 0.4) is 0 Å². The molecule has 2 N–H and O–H groups in total. The topological polar surface area (TPSA) is 83.5 Å². The molecule has 0 aromatic carbocycles. The van der Waals surface area contributed by atoms with E-state index in [2.05, 4.69) is 5.32 Å². The molecule has 1 amide bonds. The number of hydrogen-bond donors (Lipinski definition) is 2. The zero-order valence-corrected chi connectivity index (χ0v) is 11.3. The molecule has 0 aromatic rings. The van der Waals surface area contributed by atoms with E-state index in [-0.39, 0.29) is 17.7 Å². The SMILES string of the molecule is CC(C)C(C)C(=O)NC(C)(C)CS(=O)(=O)O. The minimum Gasteiger partial charge on any atom is -0.350 e. The first-order valence-corrected chi connectivity index (χ1v) is 6.83. The highest BCUT2D eigenvalue weighted by molar-refractivity contribution is 7.85. The number of amides is 1. The van der Waals surface area contributed by atoms with Gasteiger partial charge in [0.1, 0.15) is 0 Å². The molecule has 16 heavy (non-hydrogen) atoms. The second-order valence-electron chi connectivity index (χ2n) is 5.13. The van der Waals surface area contributed by atoms with Crippen LogP contribution in [0.2, 0.25) is 0 Å². The molecule has 0 rings (SSSR count). The molecule has 5 nitrogen and oxygen atoms in total. The molecule has 0 radical (unpaired) electrons. The van der Waals surface area contributed by atoms with Crippen molar-refractivity contribution in [1.82, 2.24) is 5.32 Å². The third-order valence-corrected chi connectivity index (χ3v) is 3.50. The number of rotatable bonds is 5. The average molecular weight is 251 g/mol. The third kappa shape index (κ3) is 6.07. The maximum atomic E-state index is 11.7. The zero-order valence-electron chi connectivity index (χ0n) is 10.4. The molecule has 1 atom stereocenters. The van der Waals surface area contributed by atoms with Crippen molar-refractivity contribution in [2.45, 2.75) is 40.2 Å². The fraction of sp³-hybridized carbons (Fsp3) is 0.900. The van der Waals surface area contributed by atoms with Gasteiger partial charge in [-0.3, -0.25) is 9.35 Å². The van der Waals surface area contributed by atoms with Gasteiger partial charge in [0, 0.05) is 5.92 Å². The van der Waals surface area contributed by atoms with Crippen molar-refractivity contribution < 1.29 is 17.8 Å². The van der Waals surface area contributed by atoms with Gasteiger partial charge in [-0.2, -0.15) is 8.42 Å². The van der Waals surface area contributed by atoms with Crippen molar-refractivity contribution in [2.24, 2.45) is 11.8 Å². The van der Waals surface area contributed by atoms with Crippen molar-refractivity contribution in [1.29, 1.82) is 0 Å². The molecule has 0 aliphatic rings. The van der Waals surface area contributed by atoms with E-state index in [4.69, 9.17) is 4.55 Å². The fourth-order valence-electron chi connectivity index (χ4n) is 1.24. The smallest absolute Gasteiger partial charge is 0.267 e. The molecule has 6 heteroatoms. The standard InChI is InChI=1S/C10H21NO4S/c1-7(2)8(3)9(12)11-10(4,5)6-16(13,14)15/h7-8H,6H2,1-5H3,(H,11,12)(H,13,14,15). The van der Waals surface area contributed by atoms with Crippen LogP contribution in [0.4, 0.5) is 0 Å². The zero-order chi connectivity index (χ0) is 13.1. The van der Waals surface area contributed by atoms with E-state index in [1.807, 2.05) is 13.8 Å². The summed E-state index contributed by atoms with van der Waals surface area (Å²) in [5.74, 6) is -0.706. The van der Waals surface area contributed by atoms with Crippen molar-refractivity contribution in [3.8, 4) is 0 Å². The molecule has 0 saturated carbocycles. The van der Waals surface area contributed by atoms with Crippen LogP contribution >= 0.6 is 0 Å². The summed E-state index contributed by atoms with van der Waals surface area (Å²) in [4.78, 5) is 11.7. The van der Waals surface area contributed by atoms with Crippen LogP contribution in [-0.2, 0) is 14.9 Å². The summed E-state index contributed by atoms with van der Waals surface area (Å²) in [7, 11) is -4.09. The summed E-state index contributed by atoms with van der Waals surface area (Å²) in [6.07, 6.45) is 0. The number of nitrogens with one attached hydrogen (secondary N) is 1. The summed E-state index contributed by atoms with van der Waals surface area (Å²) >= 11 is 0. The quantitative estimate of drug-likeness (QED) is 0.716. The van der Waals surface area contributed by atoms with Gasteiger partial charge >= 0.3 is 0 Å². The van der Waals surface area contributed by atoms with E-state index in [9.17, 15) is 13.2 Å². The van der Waals surface area contributed by atoms with E-state index >= 15 is 0 Å². The Balaban J connectivity index is 4.54. The Morgan fingerprint density at radius 1 is 1.31 bits per heavy atom. The van der Waals surface area contributed by atoms with Crippen LogP contribution in [0.1, 0.15) is 34.6 Å². The van der Waals surface area contributed by atoms with E-state index in [1.165, 1.54) is 0 Å². The summed E-state index contributed by atoms with van der Waals surface area (Å²) < 4.78 is 30.2. The first kappa shape index (κ1) is 15.4. The van der Waals surface area contributed by atoms with E-state index in [1.54, 1.807) is 20.8 Å². The molecule has 0 spiro atoms. The molecule has 0 fully saturated rings. The van der Waals surface area contributed by atoms with Crippen LogP contribution in [0.5, 0.6) is 0 Å². The summed E-state index contributed by atoms with van der Waals surface area (Å²) in [5, 5.41) is 2.62. The van der Waals surface area contributed by atoms with Crippen LogP contribution in [0, 0.1) is 11.8 Å². The summed E-state index contributed by atoms with van der Waals surface area (Å²) in [5.41, 5.74) is -0.964. The largest absolute Gasteiger partial charge is 0.350 e. The lowest BCUT2D eigenvalue weighted by Crippen LogP contribution is -2.50. The molecule has 0 saturated heterocycles. The predicted molar refractivity (Wildman–Crippen MR) is 62.6 cm³/mol. The minimum atomic E-state index is -4.09. The lowest BCUT2D eigenvalue weighted by Gasteiger charge is -2.27. The number of carbonyl (C=O) groups excluding carboxylic acids is 1. The van der Waals surface area contributed by atoms with Gasteiger partial charge in [0.05, 0.1) is 11.3 Å². The van der Waals surface area contributed by atoms with E-state index in [0.717, 1.165) is 0 Å². The second-order valence-corrected chi connectivity index (χ2v) is 6.58. The normalized spacial score (nSPS) is 14.9. The van der Waals surface area contributed by atoms with E-state index < -0.39 is 21.4 Å². The molecule has 0 heterocycles. The highest BCUT2D eigenvalue weighted by Gasteiger charge is 2.29. The van der Waals surface area contributed by atoms with Gasteiger partial charge < -0.3 is 5.32 Å². The van der Waals surface area contributed by atoms with Crippen LogP contribution in [0.25, 0.3) is 0 Å². The molecular formula is C10H21NO4S. The van der Waals surface area contributed by atoms with Gasteiger partial charge in [0.2, 0.25) is 5.91 Å². The molecule has 0 bridgehead atoms. The monoisotopic (exact) mass is 251 g/mol. The first-order valence-electron chi connectivity index (χ1n) is 5.22. The lowest BCUT2D eigenvalue weighted by atomic mass is 9.96. The molecule has 0 aliphatic carbocycles. The molecule has 0 aromatic heterocycles. The van der Waals surface area contributed by atoms with Crippen molar-refractivity contribution in [3.63, 3.8) is 0 Å². The fourth-order valence-corrected chi connectivity index (χ4v) is 2.23. The van der Waals surface area contributed by atoms with Crippen LogP contribution in [-0.4, -0.2) is 30.2 Å². The maximum absolute atomic E-state index is 11.7. The van der Waals surface area contributed by atoms with Gasteiger partial charge in [0.15, 0.2) is 0 Å². The molecule has 0 aliphatic heterocycles. The Labute approximate surface area is 97.4 Å². The number of hydrogen-bond acceptors (Lipinski definition) is 3. The Kier molecular flexibility index (Phi) is 4.94. The molecule has 1 unspecified atom stereocenters. The Bertz CT molecular complexity index is 346. The highest BCUT2D eigenvalue weighted by atomic mass is 32.2. The van der Waals surface area contributed by atoms with Crippen LogP contribution < -0.4 is 5.32 Å². The lowest BCUT2D eigenvalue weighted by molar-refractivity contribution is -0.127. The predicted octanol–water partition coefficient (Wildman–Crippen LogP) is 1.06. The van der Waals surface area contributed by atoms with Crippen molar-refractivity contribution >= 4 is 16.0 Å². The molecule has 96 valence electrons. The minimum absolute atomic E-state index is 0.182. The Morgan fingerprint density at radius 2 is 1.75 bits per heavy atom. The van der Waals surface area contributed by atoms with Gasteiger partial charge in [-0.05, 0) is 19.8 Å². The average Bonchev–Trinajstić information content (AvgIpc) is 1.96. The van der Waals surface area contributed by atoms with Crippen molar-refractivity contribution in [3.05, 3.63) is 0 Å². The van der Waals surface area contributed by atoms with Gasteiger partial charge in [0.25, 0.3) is 10.1 Å². The van der Waals surface area contributed by atoms with Crippen LogP contribution in [0.15, 0.2) is 0 Å². The highest BCUT2D eigenvalue weighted by Crippen LogP contribution is 2.13. The van der Waals surface area contributed by atoms with Gasteiger partial charge in [-0.1, -0.05) is 20.8 Å². The van der Waals surface area contributed by atoms with E-state index in [0.29, 0.717) is 0 Å². The number of carbonyl (C=O) groups is 1. The Morgan fingerprint density at radius 3 is 2.06 bits per heavy atom. The summed E-state index contributed by atoms with van der Waals surface area (Å²) in [6, 6.07) is 0. The first-order chi connectivity index (χ1) is 6.94. The van der Waals surface area contributed by atoms with Gasteiger partial charge in [-0.15, -0.1) is 0 Å². The second kappa shape index (κ2) is 5.14. The Hall–Kier alpha value is -0.620. The maximum Gasteiger partial charge on any atom is 0.267 e. The summed E-state index contributed by atoms with van der Waals surface area (Å²) in [6.45, 7) is 8.74. The third-order valence-electron chi connectivity index (χ3n) is 2.42. The van der Waals surface area contributed by atoms with Gasteiger partial charge in [-0.25, -0.2) is 0 Å². The molecular weight excluding hydrogens is 230 g/mol. The van der Waals surface area contributed by atoms with Crippen molar-refractivity contribution in [2.75, 3.05) is 5.75 Å².